The van der Waals surface area contributed by atoms with Gasteiger partial charge in [0.05, 0.1) is 0 Å². The summed E-state index contributed by atoms with van der Waals surface area (Å²) in [7, 11) is 0. The summed E-state index contributed by atoms with van der Waals surface area (Å²) in [5.41, 5.74) is 12.1. The molecule has 1 aliphatic carbocycles. The van der Waals surface area contributed by atoms with Crippen LogP contribution in [0.4, 0.5) is 0 Å². The third kappa shape index (κ3) is 4.67. The molecule has 0 spiro atoms. The average molecular weight is 473 g/mol. The van der Waals surface area contributed by atoms with E-state index in [2.05, 4.69) is 112 Å². The lowest BCUT2D eigenvalue weighted by Gasteiger charge is -2.21. The molecular weight excluding hydrogens is 444 g/mol. The molecule has 1 aliphatic rings. The molecule has 0 aliphatic heterocycles. The third-order valence-electron chi connectivity index (χ3n) is 6.91. The fourth-order valence-corrected chi connectivity index (χ4v) is 5.09. The quantitative estimate of drug-likeness (QED) is 0.239. The van der Waals surface area contributed by atoms with E-state index in [0.717, 1.165) is 5.02 Å². The zero-order chi connectivity index (χ0) is 24.4. The fraction of sp³-hybridized carbons (Fsp3) is 0.118. The van der Waals surface area contributed by atoms with E-state index in [-0.39, 0.29) is 5.41 Å². The minimum Gasteiger partial charge on any atom is -0.0843 e. The van der Waals surface area contributed by atoms with E-state index < -0.39 is 0 Å². The molecule has 6 rings (SSSR count). The van der Waals surface area contributed by atoms with Crippen LogP contribution in [0.5, 0.6) is 0 Å². The molecule has 0 atom stereocenters. The van der Waals surface area contributed by atoms with Crippen LogP contribution < -0.4 is 0 Å². The van der Waals surface area contributed by atoms with Crippen molar-refractivity contribution in [2.45, 2.75) is 26.2 Å². The minimum absolute atomic E-state index is 0.152. The van der Waals surface area contributed by atoms with Crippen molar-refractivity contribution < 1.29 is 0 Å². The minimum atomic E-state index is 0.152. The normalized spacial score (nSPS) is 12.8. The molecule has 0 N–H and O–H groups in total. The van der Waals surface area contributed by atoms with Crippen LogP contribution in [-0.2, 0) is 5.41 Å². The molecule has 35 heavy (non-hydrogen) atoms. The largest absolute Gasteiger partial charge is 0.0843 e. The third-order valence-corrected chi connectivity index (χ3v) is 7.16. The van der Waals surface area contributed by atoms with Crippen LogP contribution in [0.3, 0.4) is 0 Å². The lowest BCUT2D eigenvalue weighted by molar-refractivity contribution is 0.660. The summed E-state index contributed by atoms with van der Waals surface area (Å²) < 4.78 is 0. The highest BCUT2D eigenvalue weighted by Gasteiger charge is 2.34. The Morgan fingerprint density at radius 1 is 0.486 bits per heavy atom. The second kappa shape index (κ2) is 9.56. The Morgan fingerprint density at radius 3 is 1.60 bits per heavy atom. The molecule has 0 aromatic heterocycles. The number of benzene rings is 5. The van der Waals surface area contributed by atoms with Gasteiger partial charge in [0.1, 0.15) is 0 Å². The molecule has 0 saturated heterocycles. The lowest BCUT2D eigenvalue weighted by Crippen LogP contribution is -2.14. The second-order valence-corrected chi connectivity index (χ2v) is 10.1. The van der Waals surface area contributed by atoms with Gasteiger partial charge in [-0.15, -0.1) is 0 Å². The van der Waals surface area contributed by atoms with Gasteiger partial charge in [-0.1, -0.05) is 140 Å². The molecule has 172 valence electrons. The number of hydrogen-bond donors (Lipinski definition) is 0. The van der Waals surface area contributed by atoms with Crippen LogP contribution in [0.1, 0.15) is 30.5 Å². The standard InChI is InChI=1S/C18H13Cl.C16H16/c19-18-12-10-17(11-13-18)16-8-6-15(7-9-16)14-4-2-1-3-5-14;1-11-8-9-15-13(10-11)12-6-4-5-7-14(12)16(15,2)3/h1-13H;4-10H,1-3H3. The van der Waals surface area contributed by atoms with Crippen molar-refractivity contribution in [3.05, 3.63) is 143 Å². The number of aryl methyl sites for hydroxylation is 1. The first-order valence-electron chi connectivity index (χ1n) is 12.1. The second-order valence-electron chi connectivity index (χ2n) is 9.67. The van der Waals surface area contributed by atoms with E-state index in [9.17, 15) is 0 Å². The molecular formula is C34H29Cl. The average Bonchev–Trinajstić information content (AvgIpc) is 3.12. The Balaban J connectivity index is 0.000000147. The van der Waals surface area contributed by atoms with Crippen LogP contribution in [-0.4, -0.2) is 0 Å². The molecule has 1 heteroatoms. The van der Waals surface area contributed by atoms with Crippen LogP contribution in [0.25, 0.3) is 33.4 Å². The predicted molar refractivity (Wildman–Crippen MR) is 151 cm³/mol. The molecule has 5 aromatic carbocycles. The van der Waals surface area contributed by atoms with Gasteiger partial charge < -0.3 is 0 Å². The summed E-state index contributed by atoms with van der Waals surface area (Å²) in [5, 5.41) is 0.768. The van der Waals surface area contributed by atoms with Crippen molar-refractivity contribution >= 4 is 11.6 Å². The maximum Gasteiger partial charge on any atom is 0.0406 e. The predicted octanol–water partition coefficient (Wildman–Crippen LogP) is 9.98. The number of fused-ring (bicyclic) bond motifs is 3. The molecule has 0 nitrogen and oxygen atoms in total. The summed E-state index contributed by atoms with van der Waals surface area (Å²) in [4.78, 5) is 0. The Hall–Kier alpha value is -3.61. The first kappa shape index (κ1) is 23.1. The summed E-state index contributed by atoms with van der Waals surface area (Å²) in [6, 6.07) is 42.5. The van der Waals surface area contributed by atoms with Crippen molar-refractivity contribution in [3.63, 3.8) is 0 Å². The number of rotatable bonds is 2. The van der Waals surface area contributed by atoms with Gasteiger partial charge in [0.15, 0.2) is 0 Å². The number of hydrogen-bond acceptors (Lipinski definition) is 0. The maximum atomic E-state index is 5.90. The summed E-state index contributed by atoms with van der Waals surface area (Å²) in [5.74, 6) is 0. The molecule has 0 fully saturated rings. The van der Waals surface area contributed by atoms with Crippen molar-refractivity contribution in [2.75, 3.05) is 0 Å². The Kier molecular flexibility index (Phi) is 6.32. The highest BCUT2D eigenvalue weighted by molar-refractivity contribution is 6.30. The van der Waals surface area contributed by atoms with E-state index in [1.54, 1.807) is 0 Å². The first-order valence-corrected chi connectivity index (χ1v) is 12.4. The smallest absolute Gasteiger partial charge is 0.0406 e. The van der Waals surface area contributed by atoms with Crippen LogP contribution in [0.15, 0.2) is 121 Å². The van der Waals surface area contributed by atoms with Crippen molar-refractivity contribution in [1.82, 2.24) is 0 Å². The van der Waals surface area contributed by atoms with Gasteiger partial charge in [0.2, 0.25) is 0 Å². The molecule has 0 unspecified atom stereocenters. The summed E-state index contributed by atoms with van der Waals surface area (Å²) >= 11 is 5.90. The molecule has 0 radical (unpaired) electrons. The van der Waals surface area contributed by atoms with E-state index in [0.29, 0.717) is 0 Å². The Labute approximate surface area is 213 Å². The zero-order valence-corrected chi connectivity index (χ0v) is 21.2. The van der Waals surface area contributed by atoms with E-state index >= 15 is 0 Å². The maximum absolute atomic E-state index is 5.90. The van der Waals surface area contributed by atoms with E-state index in [4.69, 9.17) is 11.6 Å². The SMILES string of the molecule is Cc1ccc2c(c1)-c1ccccc1C2(C)C.Clc1ccc(-c2ccc(-c3ccccc3)cc2)cc1. The molecule has 0 saturated carbocycles. The van der Waals surface area contributed by atoms with Gasteiger partial charge in [-0.05, 0) is 63.6 Å². The highest BCUT2D eigenvalue weighted by atomic mass is 35.5. The molecule has 0 amide bonds. The van der Waals surface area contributed by atoms with Gasteiger partial charge in [0.25, 0.3) is 0 Å². The van der Waals surface area contributed by atoms with Gasteiger partial charge in [-0.3, -0.25) is 0 Å². The first-order chi connectivity index (χ1) is 16.9. The van der Waals surface area contributed by atoms with E-state index in [1.807, 2.05) is 30.3 Å². The van der Waals surface area contributed by atoms with Crippen LogP contribution >= 0.6 is 11.6 Å². The monoisotopic (exact) mass is 472 g/mol. The van der Waals surface area contributed by atoms with Crippen molar-refractivity contribution in [3.8, 4) is 33.4 Å². The van der Waals surface area contributed by atoms with E-state index in [1.165, 1.54) is 50.1 Å². The van der Waals surface area contributed by atoms with Crippen molar-refractivity contribution in [1.29, 1.82) is 0 Å². The van der Waals surface area contributed by atoms with Crippen molar-refractivity contribution in [2.24, 2.45) is 0 Å². The summed E-state index contributed by atoms with van der Waals surface area (Å²) in [6.07, 6.45) is 0. The lowest BCUT2D eigenvalue weighted by atomic mass is 9.82. The van der Waals surface area contributed by atoms with Gasteiger partial charge in [-0.25, -0.2) is 0 Å². The highest BCUT2D eigenvalue weighted by Crippen LogP contribution is 2.48. The zero-order valence-electron chi connectivity index (χ0n) is 20.4. The molecule has 0 bridgehead atoms. The molecule has 0 heterocycles. The van der Waals surface area contributed by atoms with Crippen LogP contribution in [0.2, 0.25) is 5.02 Å². The van der Waals surface area contributed by atoms with Crippen LogP contribution in [0, 0.1) is 6.92 Å². The van der Waals surface area contributed by atoms with Gasteiger partial charge >= 0.3 is 0 Å². The fourth-order valence-electron chi connectivity index (χ4n) is 4.96. The number of halogens is 1. The van der Waals surface area contributed by atoms with Gasteiger partial charge in [-0.2, -0.15) is 0 Å². The summed E-state index contributed by atoms with van der Waals surface area (Å²) in [6.45, 7) is 6.79. The topological polar surface area (TPSA) is 0 Å². The Bertz CT molecular complexity index is 1440. The van der Waals surface area contributed by atoms with Gasteiger partial charge in [0, 0.05) is 10.4 Å². The molecule has 5 aromatic rings. The Morgan fingerprint density at radius 2 is 0.971 bits per heavy atom.